The number of hydrogen-bond donors (Lipinski definition) is 1. The second kappa shape index (κ2) is 9.30. The largest absolute Gasteiger partial charge is 0.495 e. The summed E-state index contributed by atoms with van der Waals surface area (Å²) in [5, 5.41) is 2.86. The molecular formula is C24H23N3O4. The summed E-state index contributed by atoms with van der Waals surface area (Å²) in [7, 11) is 1.56. The first-order chi connectivity index (χ1) is 15.2. The molecule has 0 fully saturated rings. The average molecular weight is 417 g/mol. The fourth-order valence-corrected chi connectivity index (χ4v) is 3.51. The number of nitrogens with zero attached hydrogens (tertiary/aromatic N) is 2. The minimum Gasteiger partial charge on any atom is -0.495 e. The van der Waals surface area contributed by atoms with Crippen molar-refractivity contribution in [1.29, 1.82) is 0 Å². The zero-order chi connectivity index (χ0) is 21.6. The smallest absolute Gasteiger partial charge is 0.274 e. The van der Waals surface area contributed by atoms with E-state index in [1.165, 1.54) is 0 Å². The quantitative estimate of drug-likeness (QED) is 0.629. The summed E-state index contributed by atoms with van der Waals surface area (Å²) in [6, 6.07) is 20.2. The molecule has 0 aliphatic carbocycles. The fraction of sp³-hybridized carbons (Fsp3) is 0.208. The van der Waals surface area contributed by atoms with E-state index in [4.69, 9.17) is 9.47 Å². The second-order valence-corrected chi connectivity index (χ2v) is 7.08. The molecule has 158 valence electrons. The summed E-state index contributed by atoms with van der Waals surface area (Å²) in [4.78, 5) is 31.5. The van der Waals surface area contributed by atoms with Gasteiger partial charge in [0, 0.05) is 24.7 Å². The molecule has 31 heavy (non-hydrogen) atoms. The highest BCUT2D eigenvalue weighted by Gasteiger charge is 2.36. The lowest BCUT2D eigenvalue weighted by Crippen LogP contribution is -2.42. The van der Waals surface area contributed by atoms with Crippen LogP contribution in [0.1, 0.15) is 24.5 Å². The van der Waals surface area contributed by atoms with Gasteiger partial charge >= 0.3 is 0 Å². The van der Waals surface area contributed by atoms with Crippen LogP contribution in [-0.4, -0.2) is 30.5 Å². The highest BCUT2D eigenvalue weighted by atomic mass is 16.5. The van der Waals surface area contributed by atoms with Crippen LogP contribution in [0.15, 0.2) is 72.9 Å². The summed E-state index contributed by atoms with van der Waals surface area (Å²) in [5.74, 6) is 1.29. The van der Waals surface area contributed by atoms with Crippen LogP contribution in [0.3, 0.4) is 0 Å². The van der Waals surface area contributed by atoms with E-state index in [0.29, 0.717) is 36.0 Å². The maximum Gasteiger partial charge on any atom is 0.274 e. The maximum atomic E-state index is 13.2. The molecule has 2 amide bonds. The molecule has 0 unspecified atom stereocenters. The zero-order valence-electron chi connectivity index (χ0n) is 17.2. The van der Waals surface area contributed by atoms with Gasteiger partial charge in [-0.25, -0.2) is 4.98 Å². The Kier molecular flexibility index (Phi) is 6.12. The van der Waals surface area contributed by atoms with Gasteiger partial charge in [-0.15, -0.1) is 0 Å². The van der Waals surface area contributed by atoms with E-state index in [1.807, 2.05) is 42.5 Å². The van der Waals surface area contributed by atoms with E-state index in [1.54, 1.807) is 42.5 Å². The number of methoxy groups -OCH3 is 1. The van der Waals surface area contributed by atoms with Gasteiger partial charge in [-0.2, -0.15) is 0 Å². The predicted octanol–water partition coefficient (Wildman–Crippen LogP) is 3.98. The van der Waals surface area contributed by atoms with Crippen LogP contribution in [0.25, 0.3) is 0 Å². The number of rotatable bonds is 7. The monoisotopic (exact) mass is 417 g/mol. The van der Waals surface area contributed by atoms with Crippen molar-refractivity contribution >= 4 is 23.3 Å². The Bertz CT molecular complexity index is 1070. The number of benzene rings is 2. The van der Waals surface area contributed by atoms with Gasteiger partial charge in [0.15, 0.2) is 11.6 Å². The van der Waals surface area contributed by atoms with Gasteiger partial charge in [0.05, 0.1) is 12.8 Å². The molecule has 2 heterocycles. The number of anilines is 2. The number of aromatic nitrogens is 1. The summed E-state index contributed by atoms with van der Waals surface area (Å²) in [6.45, 7) is 0.356. The minimum atomic E-state index is -0.736. The minimum absolute atomic E-state index is 0.147. The van der Waals surface area contributed by atoms with Gasteiger partial charge < -0.3 is 14.8 Å². The molecule has 1 aromatic heterocycles. The van der Waals surface area contributed by atoms with Gasteiger partial charge in [0.2, 0.25) is 12.0 Å². The van der Waals surface area contributed by atoms with Gasteiger partial charge in [-0.05, 0) is 30.7 Å². The molecule has 0 saturated heterocycles. The first-order valence-electron chi connectivity index (χ1n) is 10.1. The summed E-state index contributed by atoms with van der Waals surface area (Å²) in [5.41, 5.74) is 1.40. The molecular weight excluding hydrogens is 394 g/mol. The second-order valence-electron chi connectivity index (χ2n) is 7.08. The predicted molar refractivity (Wildman–Crippen MR) is 117 cm³/mol. The maximum absolute atomic E-state index is 13.2. The third-order valence-electron chi connectivity index (χ3n) is 5.01. The summed E-state index contributed by atoms with van der Waals surface area (Å²) in [6.07, 6.45) is 1.62. The Morgan fingerprint density at radius 1 is 1.10 bits per heavy atom. The number of ether oxygens (including phenoxy) is 2. The molecule has 7 nitrogen and oxygen atoms in total. The lowest BCUT2D eigenvalue weighted by molar-refractivity contribution is -0.127. The SMILES string of the molecule is COc1ccccc1NC(=O)CCCN1C(=O)[C@H](c2ccccc2)Oc2cccnc21. The Hall–Kier alpha value is -3.87. The van der Waals surface area contributed by atoms with Crippen LogP contribution in [0.5, 0.6) is 11.5 Å². The van der Waals surface area contributed by atoms with Crippen molar-refractivity contribution in [2.75, 3.05) is 23.9 Å². The van der Waals surface area contributed by atoms with E-state index < -0.39 is 6.10 Å². The van der Waals surface area contributed by atoms with Crippen LogP contribution in [0, 0.1) is 0 Å². The van der Waals surface area contributed by atoms with E-state index in [9.17, 15) is 9.59 Å². The first-order valence-corrected chi connectivity index (χ1v) is 10.1. The van der Waals surface area contributed by atoms with Crippen molar-refractivity contribution in [2.45, 2.75) is 18.9 Å². The van der Waals surface area contributed by atoms with Crippen molar-refractivity contribution in [3.63, 3.8) is 0 Å². The molecule has 7 heteroatoms. The molecule has 2 aromatic carbocycles. The van der Waals surface area contributed by atoms with E-state index in [-0.39, 0.29) is 18.2 Å². The number of nitrogens with one attached hydrogen (secondary N) is 1. The summed E-state index contributed by atoms with van der Waals surface area (Å²) < 4.78 is 11.2. The van der Waals surface area contributed by atoms with Crippen LogP contribution in [-0.2, 0) is 9.59 Å². The van der Waals surface area contributed by atoms with Crippen LogP contribution in [0.2, 0.25) is 0 Å². The molecule has 4 rings (SSSR count). The Morgan fingerprint density at radius 3 is 2.68 bits per heavy atom. The number of fused-ring (bicyclic) bond motifs is 1. The van der Waals surface area contributed by atoms with E-state index in [2.05, 4.69) is 10.3 Å². The van der Waals surface area contributed by atoms with Crippen LogP contribution < -0.4 is 19.7 Å². The third kappa shape index (κ3) is 4.50. The number of amides is 2. The molecule has 1 aliphatic rings. The number of carbonyl (C=O) groups excluding carboxylic acids is 2. The lowest BCUT2D eigenvalue weighted by atomic mass is 10.1. The van der Waals surface area contributed by atoms with Crippen molar-refractivity contribution < 1.29 is 19.1 Å². The third-order valence-corrected chi connectivity index (χ3v) is 5.01. The molecule has 0 radical (unpaired) electrons. The van der Waals surface area contributed by atoms with Gasteiger partial charge in [-0.1, -0.05) is 42.5 Å². The van der Waals surface area contributed by atoms with Gasteiger partial charge in [-0.3, -0.25) is 14.5 Å². The fourth-order valence-electron chi connectivity index (χ4n) is 3.51. The average Bonchev–Trinajstić information content (AvgIpc) is 2.81. The molecule has 1 N–H and O–H groups in total. The molecule has 3 aromatic rings. The Balaban J connectivity index is 1.44. The van der Waals surface area contributed by atoms with Crippen LogP contribution in [0.4, 0.5) is 11.5 Å². The van der Waals surface area contributed by atoms with Crippen molar-refractivity contribution in [3.8, 4) is 11.5 Å². The zero-order valence-corrected chi connectivity index (χ0v) is 17.2. The van der Waals surface area contributed by atoms with Gasteiger partial charge in [0.1, 0.15) is 5.75 Å². The number of carbonyl (C=O) groups is 2. The van der Waals surface area contributed by atoms with Crippen molar-refractivity contribution in [1.82, 2.24) is 4.98 Å². The molecule has 1 aliphatic heterocycles. The first kappa shape index (κ1) is 20.4. The number of hydrogen-bond acceptors (Lipinski definition) is 5. The Morgan fingerprint density at radius 2 is 1.87 bits per heavy atom. The Labute approximate surface area is 180 Å². The van der Waals surface area contributed by atoms with E-state index >= 15 is 0 Å². The van der Waals surface area contributed by atoms with Crippen molar-refractivity contribution in [3.05, 3.63) is 78.5 Å². The summed E-state index contributed by atoms with van der Waals surface area (Å²) >= 11 is 0. The van der Waals surface area contributed by atoms with Gasteiger partial charge in [0.25, 0.3) is 5.91 Å². The topological polar surface area (TPSA) is 80.8 Å². The highest BCUT2D eigenvalue weighted by Crippen LogP contribution is 2.37. The lowest BCUT2D eigenvalue weighted by Gasteiger charge is -2.33. The standard InChI is InChI=1S/C24H23N3O4/c1-30-19-12-6-5-11-18(19)26-21(28)14-8-16-27-23-20(13-7-15-25-23)31-22(24(27)29)17-9-3-2-4-10-17/h2-7,9-13,15,22H,8,14,16H2,1H3,(H,26,28)/t22-/m0/s1. The molecule has 0 bridgehead atoms. The van der Waals surface area contributed by atoms with E-state index in [0.717, 1.165) is 5.56 Å². The molecule has 0 saturated carbocycles. The van der Waals surface area contributed by atoms with Crippen LogP contribution >= 0.6 is 0 Å². The molecule has 1 atom stereocenters. The van der Waals surface area contributed by atoms with Crippen molar-refractivity contribution in [2.24, 2.45) is 0 Å². The number of para-hydroxylation sites is 2. The number of pyridine rings is 1. The normalized spacial score (nSPS) is 15.1. The highest BCUT2D eigenvalue weighted by molar-refractivity contribution is 5.99. The molecule has 0 spiro atoms.